The fourth-order valence-corrected chi connectivity index (χ4v) is 3.19. The summed E-state index contributed by atoms with van der Waals surface area (Å²) < 4.78 is 11.6. The lowest BCUT2D eigenvalue weighted by atomic mass is 10.2. The molecule has 0 saturated heterocycles. The zero-order valence-electron chi connectivity index (χ0n) is 14.3. The highest BCUT2D eigenvalue weighted by molar-refractivity contribution is 5.31. The van der Waals surface area contributed by atoms with Crippen LogP contribution in [0.4, 0.5) is 0 Å². The molecule has 0 radical (unpaired) electrons. The van der Waals surface area contributed by atoms with E-state index in [0.717, 1.165) is 30.6 Å². The Morgan fingerprint density at radius 1 is 0.833 bits per heavy atom. The highest BCUT2D eigenvalue weighted by Gasteiger charge is 2.16. The third-order valence-electron chi connectivity index (χ3n) is 4.59. The van der Waals surface area contributed by atoms with Gasteiger partial charge in [0.25, 0.3) is 0 Å². The first kappa shape index (κ1) is 16.8. The second-order valence-electron chi connectivity index (χ2n) is 6.52. The molecule has 1 saturated carbocycles. The van der Waals surface area contributed by atoms with E-state index in [9.17, 15) is 0 Å². The highest BCUT2D eigenvalue weighted by atomic mass is 16.5. The van der Waals surface area contributed by atoms with Crippen molar-refractivity contribution < 1.29 is 14.8 Å². The van der Waals surface area contributed by atoms with E-state index < -0.39 is 0 Å². The Labute approximate surface area is 145 Å². The minimum absolute atomic E-state index is 0.595. The number of ether oxygens (including phenoxy) is 2. The monoisotopic (exact) mass is 326 g/mol. The minimum Gasteiger partial charge on any atom is -0.493 e. The van der Waals surface area contributed by atoms with Gasteiger partial charge in [0.15, 0.2) is 0 Å². The topological polar surface area (TPSA) is 35.1 Å². The van der Waals surface area contributed by atoms with Crippen molar-refractivity contribution in [1.82, 2.24) is 0 Å². The fourth-order valence-electron chi connectivity index (χ4n) is 3.19. The lowest BCUT2D eigenvalue weighted by Gasteiger charge is -2.10. The molecule has 0 spiro atoms. The summed E-state index contributed by atoms with van der Waals surface area (Å²) in [7, 11) is 0. The predicted octanol–water partition coefficient (Wildman–Crippen LogP) is 3.54. The van der Waals surface area contributed by atoms with Crippen molar-refractivity contribution in [2.75, 3.05) is 13.2 Å². The van der Waals surface area contributed by atoms with Crippen LogP contribution in [0, 0.1) is 0 Å². The third kappa shape index (κ3) is 5.57. The SMILES string of the molecule is c1ccc(COc2ccc(OCCC[NH2+]C3CCCC3)cc2)cc1. The van der Waals surface area contributed by atoms with Gasteiger partial charge in [-0.15, -0.1) is 0 Å². The summed E-state index contributed by atoms with van der Waals surface area (Å²) in [6, 6.07) is 19.0. The first-order valence-electron chi connectivity index (χ1n) is 9.13. The molecule has 2 N–H and O–H groups in total. The lowest BCUT2D eigenvalue weighted by molar-refractivity contribution is -0.688. The van der Waals surface area contributed by atoms with E-state index in [1.54, 1.807) is 0 Å². The molecule has 1 fully saturated rings. The van der Waals surface area contributed by atoms with Crippen molar-refractivity contribution in [2.45, 2.75) is 44.8 Å². The quantitative estimate of drug-likeness (QED) is 0.715. The molecular formula is C21H28NO2+. The molecule has 0 heterocycles. The first-order valence-corrected chi connectivity index (χ1v) is 9.13. The highest BCUT2D eigenvalue weighted by Crippen LogP contribution is 2.19. The molecule has 1 aliphatic rings. The maximum Gasteiger partial charge on any atom is 0.120 e. The Morgan fingerprint density at radius 3 is 2.21 bits per heavy atom. The number of quaternary nitrogens is 1. The average molecular weight is 326 g/mol. The average Bonchev–Trinajstić information content (AvgIpc) is 3.15. The van der Waals surface area contributed by atoms with E-state index >= 15 is 0 Å². The molecule has 0 atom stereocenters. The Morgan fingerprint density at radius 2 is 1.50 bits per heavy atom. The second kappa shape index (κ2) is 9.33. The van der Waals surface area contributed by atoms with Gasteiger partial charge in [-0.1, -0.05) is 30.3 Å². The Kier molecular flexibility index (Phi) is 6.55. The number of rotatable bonds is 9. The molecule has 3 rings (SSSR count). The molecule has 2 aromatic rings. The van der Waals surface area contributed by atoms with Crippen molar-refractivity contribution in [1.29, 1.82) is 0 Å². The summed E-state index contributed by atoms with van der Waals surface area (Å²) in [6.45, 7) is 2.55. The first-order chi connectivity index (χ1) is 11.9. The van der Waals surface area contributed by atoms with E-state index in [1.165, 1.54) is 37.8 Å². The molecule has 128 valence electrons. The van der Waals surface area contributed by atoms with Crippen LogP contribution < -0.4 is 14.8 Å². The molecule has 0 unspecified atom stereocenters. The molecule has 3 nitrogen and oxygen atoms in total. The minimum atomic E-state index is 0.595. The van der Waals surface area contributed by atoms with E-state index in [0.29, 0.717) is 6.61 Å². The zero-order valence-corrected chi connectivity index (χ0v) is 14.3. The largest absolute Gasteiger partial charge is 0.493 e. The second-order valence-corrected chi connectivity index (χ2v) is 6.52. The standard InChI is InChI=1S/C21H27NO2/c1-2-7-18(8-3-1)17-24-21-13-11-20(12-14-21)23-16-6-15-22-19-9-4-5-10-19/h1-3,7-8,11-14,19,22H,4-6,9-10,15-17H2/p+1. The van der Waals surface area contributed by atoms with Gasteiger partial charge in [-0.25, -0.2) is 0 Å². The number of hydrogen-bond donors (Lipinski definition) is 1. The Hall–Kier alpha value is -2.00. The summed E-state index contributed by atoms with van der Waals surface area (Å²) in [5.74, 6) is 1.80. The van der Waals surface area contributed by atoms with Gasteiger partial charge in [0.1, 0.15) is 18.1 Å². The van der Waals surface area contributed by atoms with Crippen LogP contribution in [0.25, 0.3) is 0 Å². The molecule has 0 bridgehead atoms. The van der Waals surface area contributed by atoms with E-state index in [4.69, 9.17) is 9.47 Å². The summed E-state index contributed by atoms with van der Waals surface area (Å²) in [4.78, 5) is 0. The van der Waals surface area contributed by atoms with Crippen molar-refractivity contribution in [3.63, 3.8) is 0 Å². The predicted molar refractivity (Wildman–Crippen MR) is 96.4 cm³/mol. The van der Waals surface area contributed by atoms with Crippen LogP contribution in [-0.2, 0) is 6.61 Å². The molecule has 3 heteroatoms. The number of benzene rings is 2. The summed E-state index contributed by atoms with van der Waals surface area (Å²) >= 11 is 0. The Bertz CT molecular complexity index is 577. The lowest BCUT2D eigenvalue weighted by Crippen LogP contribution is -2.89. The van der Waals surface area contributed by atoms with E-state index in [2.05, 4.69) is 17.4 Å². The number of hydrogen-bond acceptors (Lipinski definition) is 2. The van der Waals surface area contributed by atoms with Crippen LogP contribution in [0.5, 0.6) is 11.5 Å². The van der Waals surface area contributed by atoms with Gasteiger partial charge in [-0.3, -0.25) is 0 Å². The molecule has 0 aromatic heterocycles. The Balaban J connectivity index is 1.32. The normalized spacial score (nSPS) is 14.7. The molecule has 0 amide bonds. The van der Waals surface area contributed by atoms with Crippen LogP contribution in [-0.4, -0.2) is 19.2 Å². The van der Waals surface area contributed by atoms with Crippen LogP contribution in [0.1, 0.15) is 37.7 Å². The van der Waals surface area contributed by atoms with Crippen LogP contribution in [0.15, 0.2) is 54.6 Å². The van der Waals surface area contributed by atoms with Crippen molar-refractivity contribution >= 4 is 0 Å². The van der Waals surface area contributed by atoms with Crippen molar-refractivity contribution in [2.24, 2.45) is 0 Å². The maximum atomic E-state index is 5.81. The van der Waals surface area contributed by atoms with Gasteiger partial charge < -0.3 is 14.8 Å². The third-order valence-corrected chi connectivity index (χ3v) is 4.59. The summed E-state index contributed by atoms with van der Waals surface area (Å²) in [5, 5.41) is 2.50. The van der Waals surface area contributed by atoms with E-state index in [1.807, 2.05) is 42.5 Å². The van der Waals surface area contributed by atoms with Crippen molar-refractivity contribution in [3.8, 4) is 11.5 Å². The van der Waals surface area contributed by atoms with Gasteiger partial charge in [0, 0.05) is 6.42 Å². The van der Waals surface area contributed by atoms with Gasteiger partial charge in [-0.05, 0) is 55.5 Å². The zero-order chi connectivity index (χ0) is 16.5. The van der Waals surface area contributed by atoms with Gasteiger partial charge >= 0.3 is 0 Å². The molecule has 0 aliphatic heterocycles. The van der Waals surface area contributed by atoms with Crippen LogP contribution >= 0.6 is 0 Å². The molecule has 1 aliphatic carbocycles. The van der Waals surface area contributed by atoms with Crippen LogP contribution in [0.3, 0.4) is 0 Å². The fraction of sp³-hybridized carbons (Fsp3) is 0.429. The summed E-state index contributed by atoms with van der Waals surface area (Å²) in [6.07, 6.45) is 6.71. The molecular weight excluding hydrogens is 298 g/mol. The van der Waals surface area contributed by atoms with Crippen molar-refractivity contribution in [3.05, 3.63) is 60.2 Å². The smallest absolute Gasteiger partial charge is 0.120 e. The molecule has 24 heavy (non-hydrogen) atoms. The van der Waals surface area contributed by atoms with Gasteiger partial charge in [0.05, 0.1) is 19.2 Å². The van der Waals surface area contributed by atoms with Gasteiger partial charge in [-0.2, -0.15) is 0 Å². The maximum absolute atomic E-state index is 5.81. The summed E-state index contributed by atoms with van der Waals surface area (Å²) in [5.41, 5.74) is 1.18. The van der Waals surface area contributed by atoms with Crippen LogP contribution in [0.2, 0.25) is 0 Å². The van der Waals surface area contributed by atoms with Gasteiger partial charge in [0.2, 0.25) is 0 Å². The molecule has 2 aromatic carbocycles. The van der Waals surface area contributed by atoms with E-state index in [-0.39, 0.29) is 0 Å². The number of nitrogens with two attached hydrogens (primary N) is 1.